The van der Waals surface area contributed by atoms with Crippen LogP contribution in [-0.2, 0) is 6.42 Å². The lowest BCUT2D eigenvalue weighted by Gasteiger charge is -2.06. The van der Waals surface area contributed by atoms with Gasteiger partial charge in [0.1, 0.15) is 0 Å². The first-order valence-electron chi connectivity index (χ1n) is 6.73. The van der Waals surface area contributed by atoms with Gasteiger partial charge in [-0.25, -0.2) is 4.79 Å². The normalized spacial score (nSPS) is 10.1. The van der Waals surface area contributed by atoms with E-state index in [0.29, 0.717) is 18.5 Å². The molecular weight excluding hydrogens is 266 g/mol. The molecule has 0 saturated heterocycles. The second kappa shape index (κ2) is 6.70. The summed E-state index contributed by atoms with van der Waals surface area (Å²) in [5, 5.41) is 11.7. The fourth-order valence-corrected chi connectivity index (χ4v) is 2.02. The van der Waals surface area contributed by atoms with Crippen LogP contribution in [0.3, 0.4) is 0 Å². The van der Waals surface area contributed by atoms with Crippen molar-refractivity contribution in [2.75, 3.05) is 6.54 Å². The molecule has 21 heavy (non-hydrogen) atoms. The van der Waals surface area contributed by atoms with Crippen LogP contribution in [0.1, 0.15) is 31.8 Å². The number of aromatic carboxylic acids is 1. The standard InChI is InChI=1S/C17H17NO3/c1-12-3-2-4-15(11-12)16(19)18-10-9-13-5-7-14(8-6-13)17(20)21/h2-8,11H,9-10H2,1H3,(H,18,19)(H,20,21). The van der Waals surface area contributed by atoms with Crippen molar-refractivity contribution < 1.29 is 14.7 Å². The van der Waals surface area contributed by atoms with Gasteiger partial charge in [-0.3, -0.25) is 4.79 Å². The highest BCUT2D eigenvalue weighted by Gasteiger charge is 2.05. The van der Waals surface area contributed by atoms with Crippen LogP contribution < -0.4 is 5.32 Å². The van der Waals surface area contributed by atoms with Crippen LogP contribution >= 0.6 is 0 Å². The number of aryl methyl sites for hydroxylation is 1. The molecule has 0 radical (unpaired) electrons. The molecule has 2 aromatic carbocycles. The lowest BCUT2D eigenvalue weighted by atomic mass is 10.1. The van der Waals surface area contributed by atoms with E-state index in [4.69, 9.17) is 5.11 Å². The summed E-state index contributed by atoms with van der Waals surface area (Å²) in [7, 11) is 0. The van der Waals surface area contributed by atoms with Gasteiger partial charge in [-0.1, -0.05) is 29.8 Å². The molecule has 2 aromatic rings. The monoisotopic (exact) mass is 283 g/mol. The second-order valence-electron chi connectivity index (χ2n) is 4.88. The van der Waals surface area contributed by atoms with Crippen molar-refractivity contribution in [3.05, 3.63) is 70.8 Å². The van der Waals surface area contributed by atoms with E-state index < -0.39 is 5.97 Å². The summed E-state index contributed by atoms with van der Waals surface area (Å²) in [6.45, 7) is 2.46. The Hall–Kier alpha value is -2.62. The number of carboxylic acid groups (broad SMARTS) is 1. The lowest BCUT2D eigenvalue weighted by Crippen LogP contribution is -2.25. The van der Waals surface area contributed by atoms with E-state index in [-0.39, 0.29) is 11.5 Å². The summed E-state index contributed by atoms with van der Waals surface area (Å²) in [4.78, 5) is 22.7. The maximum absolute atomic E-state index is 11.9. The van der Waals surface area contributed by atoms with Crippen LogP contribution in [0.25, 0.3) is 0 Å². The van der Waals surface area contributed by atoms with E-state index in [9.17, 15) is 9.59 Å². The zero-order valence-electron chi connectivity index (χ0n) is 11.8. The smallest absolute Gasteiger partial charge is 0.335 e. The molecule has 0 bridgehead atoms. The van der Waals surface area contributed by atoms with Crippen LogP contribution in [0.15, 0.2) is 48.5 Å². The van der Waals surface area contributed by atoms with E-state index in [0.717, 1.165) is 11.1 Å². The van der Waals surface area contributed by atoms with Gasteiger partial charge in [0.25, 0.3) is 5.91 Å². The Morgan fingerprint density at radius 2 is 1.76 bits per heavy atom. The zero-order chi connectivity index (χ0) is 15.2. The molecule has 2 rings (SSSR count). The largest absolute Gasteiger partial charge is 0.478 e. The number of benzene rings is 2. The second-order valence-corrected chi connectivity index (χ2v) is 4.88. The Kier molecular flexibility index (Phi) is 4.72. The number of hydrogen-bond acceptors (Lipinski definition) is 2. The van der Waals surface area contributed by atoms with Crippen molar-refractivity contribution in [1.29, 1.82) is 0 Å². The van der Waals surface area contributed by atoms with Crippen molar-refractivity contribution >= 4 is 11.9 Å². The van der Waals surface area contributed by atoms with Crippen LogP contribution in [0.4, 0.5) is 0 Å². The van der Waals surface area contributed by atoms with E-state index in [1.54, 1.807) is 30.3 Å². The first-order valence-corrected chi connectivity index (χ1v) is 6.73. The van der Waals surface area contributed by atoms with E-state index >= 15 is 0 Å². The molecule has 4 heteroatoms. The van der Waals surface area contributed by atoms with Gasteiger partial charge in [0, 0.05) is 12.1 Å². The number of rotatable bonds is 5. The number of carbonyl (C=O) groups excluding carboxylic acids is 1. The lowest BCUT2D eigenvalue weighted by molar-refractivity contribution is 0.0696. The summed E-state index contributed by atoms with van der Waals surface area (Å²) >= 11 is 0. The van der Waals surface area contributed by atoms with Crippen molar-refractivity contribution in [2.45, 2.75) is 13.3 Å². The summed E-state index contributed by atoms with van der Waals surface area (Å²) in [5.41, 5.74) is 2.95. The summed E-state index contributed by atoms with van der Waals surface area (Å²) in [6.07, 6.45) is 0.664. The van der Waals surface area contributed by atoms with Crippen LogP contribution in [-0.4, -0.2) is 23.5 Å². The summed E-state index contributed by atoms with van der Waals surface area (Å²) in [5.74, 6) is -1.03. The minimum Gasteiger partial charge on any atom is -0.478 e. The number of carboxylic acids is 1. The number of amides is 1. The van der Waals surface area contributed by atoms with E-state index in [1.165, 1.54) is 0 Å². The first-order chi connectivity index (χ1) is 10.1. The van der Waals surface area contributed by atoms with Crippen molar-refractivity contribution in [3.8, 4) is 0 Å². The topological polar surface area (TPSA) is 66.4 Å². The minimum atomic E-state index is -0.936. The van der Waals surface area contributed by atoms with Gasteiger partial charge >= 0.3 is 5.97 Å². The summed E-state index contributed by atoms with van der Waals surface area (Å²) in [6, 6.07) is 14.1. The molecule has 1 amide bonds. The molecule has 4 nitrogen and oxygen atoms in total. The van der Waals surface area contributed by atoms with Gasteiger partial charge in [0.15, 0.2) is 0 Å². The van der Waals surface area contributed by atoms with E-state index in [2.05, 4.69) is 5.32 Å². The van der Waals surface area contributed by atoms with Crippen LogP contribution in [0, 0.1) is 6.92 Å². The average molecular weight is 283 g/mol. The zero-order valence-corrected chi connectivity index (χ0v) is 11.8. The Morgan fingerprint density at radius 3 is 2.38 bits per heavy atom. The fraction of sp³-hybridized carbons (Fsp3) is 0.176. The molecule has 0 unspecified atom stereocenters. The molecule has 0 aliphatic heterocycles. The molecule has 108 valence electrons. The van der Waals surface area contributed by atoms with Gasteiger partial charge in [0.2, 0.25) is 0 Å². The van der Waals surface area contributed by atoms with Gasteiger partial charge in [-0.2, -0.15) is 0 Å². The Bertz CT molecular complexity index is 647. The van der Waals surface area contributed by atoms with E-state index in [1.807, 2.05) is 25.1 Å². The van der Waals surface area contributed by atoms with Gasteiger partial charge in [-0.15, -0.1) is 0 Å². The molecule has 0 saturated carbocycles. The summed E-state index contributed by atoms with van der Waals surface area (Å²) < 4.78 is 0. The highest BCUT2D eigenvalue weighted by molar-refractivity contribution is 5.94. The maximum Gasteiger partial charge on any atom is 0.335 e. The molecule has 0 aliphatic carbocycles. The van der Waals surface area contributed by atoms with Crippen LogP contribution in [0.2, 0.25) is 0 Å². The Labute approximate surface area is 123 Å². The quantitative estimate of drug-likeness (QED) is 0.886. The molecule has 0 atom stereocenters. The number of carbonyl (C=O) groups is 2. The molecule has 0 aliphatic rings. The third-order valence-corrected chi connectivity index (χ3v) is 3.18. The first kappa shape index (κ1) is 14.8. The fourth-order valence-electron chi connectivity index (χ4n) is 2.02. The van der Waals surface area contributed by atoms with Crippen molar-refractivity contribution in [1.82, 2.24) is 5.32 Å². The average Bonchev–Trinajstić information content (AvgIpc) is 2.47. The molecular formula is C17H17NO3. The predicted octanol–water partition coefficient (Wildman–Crippen LogP) is 2.67. The minimum absolute atomic E-state index is 0.0964. The predicted molar refractivity (Wildman–Crippen MR) is 80.6 cm³/mol. The van der Waals surface area contributed by atoms with Gasteiger partial charge in [-0.05, 0) is 43.2 Å². The Balaban J connectivity index is 1.86. The highest BCUT2D eigenvalue weighted by Crippen LogP contribution is 2.06. The molecule has 0 heterocycles. The molecule has 0 fully saturated rings. The third kappa shape index (κ3) is 4.18. The number of hydrogen-bond donors (Lipinski definition) is 2. The Morgan fingerprint density at radius 1 is 1.05 bits per heavy atom. The highest BCUT2D eigenvalue weighted by atomic mass is 16.4. The van der Waals surface area contributed by atoms with Crippen LogP contribution in [0.5, 0.6) is 0 Å². The van der Waals surface area contributed by atoms with Gasteiger partial charge in [0.05, 0.1) is 5.56 Å². The molecule has 0 aromatic heterocycles. The third-order valence-electron chi connectivity index (χ3n) is 3.18. The molecule has 0 spiro atoms. The molecule has 2 N–H and O–H groups in total. The SMILES string of the molecule is Cc1cccc(C(=O)NCCc2ccc(C(=O)O)cc2)c1. The van der Waals surface area contributed by atoms with Crippen molar-refractivity contribution in [3.63, 3.8) is 0 Å². The van der Waals surface area contributed by atoms with Crippen molar-refractivity contribution in [2.24, 2.45) is 0 Å². The van der Waals surface area contributed by atoms with Gasteiger partial charge < -0.3 is 10.4 Å². The number of nitrogens with one attached hydrogen (secondary N) is 1. The maximum atomic E-state index is 11.9.